The average molecular weight is 386 g/mol. The number of aliphatic hydroxyl groups excluding tert-OH is 1. The minimum atomic E-state index is -0.708. The lowest BCUT2D eigenvalue weighted by molar-refractivity contribution is -0.118. The van der Waals surface area contributed by atoms with Crippen molar-refractivity contribution in [1.29, 1.82) is 0 Å². The number of nitrogens with one attached hydrogen (secondary N) is 1. The molecule has 1 amide bonds. The monoisotopic (exact) mass is 385 g/mol. The first-order chi connectivity index (χ1) is 13.2. The summed E-state index contributed by atoms with van der Waals surface area (Å²) in [6, 6.07) is 7.61. The molecule has 4 saturated carbocycles. The highest BCUT2D eigenvalue weighted by Crippen LogP contribution is 2.61. The van der Waals surface area contributed by atoms with E-state index < -0.39 is 11.7 Å². The topological polar surface area (TPSA) is 69.6 Å². The second-order valence-corrected chi connectivity index (χ2v) is 10.5. The maximum absolute atomic E-state index is 12.7. The number of aryl methyl sites for hydroxylation is 1. The van der Waals surface area contributed by atoms with Crippen LogP contribution in [0, 0.1) is 23.2 Å². The van der Waals surface area contributed by atoms with Gasteiger partial charge in [-0.1, -0.05) is 12.1 Å². The molecule has 154 valence electrons. The summed E-state index contributed by atoms with van der Waals surface area (Å²) in [7, 11) is 0. The summed E-state index contributed by atoms with van der Waals surface area (Å²) in [6.45, 7) is 3.95. The molecule has 4 fully saturated rings. The van der Waals surface area contributed by atoms with Crippen molar-refractivity contribution in [1.82, 2.24) is 5.32 Å². The molecule has 0 aliphatic heterocycles. The van der Waals surface area contributed by atoms with E-state index in [9.17, 15) is 15.0 Å². The Balaban J connectivity index is 1.34. The summed E-state index contributed by atoms with van der Waals surface area (Å²) in [4.78, 5) is 12.7. The molecule has 1 atom stereocenters. The Morgan fingerprint density at radius 1 is 1.18 bits per heavy atom. The van der Waals surface area contributed by atoms with Crippen LogP contribution in [-0.2, 0) is 6.42 Å². The van der Waals surface area contributed by atoms with Crippen LogP contribution in [0.3, 0.4) is 0 Å². The van der Waals surface area contributed by atoms with Crippen LogP contribution in [0.15, 0.2) is 24.3 Å². The van der Waals surface area contributed by atoms with E-state index in [0.717, 1.165) is 49.0 Å². The fraction of sp³-hybridized carbons (Fsp3) is 0.708. The Hall–Kier alpha value is -1.39. The quantitative estimate of drug-likeness (QED) is 0.670. The van der Waals surface area contributed by atoms with Crippen LogP contribution in [0.25, 0.3) is 0 Å². The fourth-order valence-electron chi connectivity index (χ4n) is 6.41. The lowest BCUT2D eigenvalue weighted by Crippen LogP contribution is -2.54. The van der Waals surface area contributed by atoms with Crippen molar-refractivity contribution in [2.24, 2.45) is 23.2 Å². The lowest BCUT2D eigenvalue weighted by Gasteiger charge is -2.58. The standard InChI is InChI=1S/C24H35NO3/c1-23(2,28)7-6-16-4-3-5-20(11-16)22(27)25-15-21(26)24-12-17-8-18(13-24)10-19(9-17)14-24/h3-5,11,17-19,21,26,28H,6-10,12-15H2,1-2H3,(H,25,27). The molecule has 1 unspecified atom stereocenters. The van der Waals surface area contributed by atoms with Crippen LogP contribution < -0.4 is 5.32 Å². The van der Waals surface area contributed by atoms with Crippen molar-refractivity contribution >= 4 is 5.91 Å². The zero-order valence-corrected chi connectivity index (χ0v) is 17.3. The molecule has 0 heterocycles. The molecule has 4 bridgehead atoms. The van der Waals surface area contributed by atoms with Gasteiger partial charge in [0.25, 0.3) is 5.91 Å². The van der Waals surface area contributed by atoms with E-state index in [0.29, 0.717) is 18.5 Å². The summed E-state index contributed by atoms with van der Waals surface area (Å²) < 4.78 is 0. The summed E-state index contributed by atoms with van der Waals surface area (Å²) in [6.07, 6.45) is 8.45. The van der Waals surface area contributed by atoms with E-state index in [1.165, 1.54) is 19.3 Å². The number of amides is 1. The number of carbonyl (C=O) groups excluding carboxylic acids is 1. The molecule has 5 rings (SSSR count). The Kier molecular flexibility index (Phi) is 5.30. The van der Waals surface area contributed by atoms with E-state index in [1.54, 1.807) is 13.8 Å². The zero-order chi connectivity index (χ0) is 19.9. The normalized spacial score (nSPS) is 32.4. The molecule has 0 spiro atoms. The Morgan fingerprint density at radius 2 is 1.79 bits per heavy atom. The van der Waals surface area contributed by atoms with Gasteiger partial charge in [-0.3, -0.25) is 4.79 Å². The molecule has 3 N–H and O–H groups in total. The van der Waals surface area contributed by atoms with Crippen molar-refractivity contribution < 1.29 is 15.0 Å². The number of hydrogen-bond donors (Lipinski definition) is 3. The van der Waals surface area contributed by atoms with Crippen LogP contribution in [-0.4, -0.2) is 34.4 Å². The third-order valence-electron chi connectivity index (χ3n) is 7.46. The smallest absolute Gasteiger partial charge is 0.251 e. The van der Waals surface area contributed by atoms with Crippen molar-refractivity contribution in [2.75, 3.05) is 6.54 Å². The molecular weight excluding hydrogens is 350 g/mol. The Labute approximate surface area is 168 Å². The molecule has 28 heavy (non-hydrogen) atoms. The van der Waals surface area contributed by atoms with Gasteiger partial charge in [-0.2, -0.15) is 0 Å². The first-order valence-corrected chi connectivity index (χ1v) is 11.0. The van der Waals surface area contributed by atoms with Crippen molar-refractivity contribution in [3.8, 4) is 0 Å². The van der Waals surface area contributed by atoms with E-state index >= 15 is 0 Å². The van der Waals surface area contributed by atoms with Gasteiger partial charge in [-0.25, -0.2) is 0 Å². The van der Waals surface area contributed by atoms with Gasteiger partial charge in [0.2, 0.25) is 0 Å². The molecule has 0 aromatic heterocycles. The Bertz CT molecular complexity index is 686. The first kappa shape index (κ1) is 19.9. The number of carbonyl (C=O) groups is 1. The van der Waals surface area contributed by atoms with E-state index in [4.69, 9.17) is 0 Å². The zero-order valence-electron chi connectivity index (χ0n) is 17.3. The highest BCUT2D eigenvalue weighted by atomic mass is 16.3. The number of benzene rings is 1. The summed E-state index contributed by atoms with van der Waals surface area (Å²) in [5.74, 6) is 2.27. The number of hydrogen-bond acceptors (Lipinski definition) is 3. The third-order valence-corrected chi connectivity index (χ3v) is 7.46. The molecule has 0 radical (unpaired) electrons. The summed E-state index contributed by atoms with van der Waals surface area (Å²) >= 11 is 0. The highest BCUT2D eigenvalue weighted by molar-refractivity contribution is 5.94. The molecule has 0 saturated heterocycles. The van der Waals surface area contributed by atoms with Crippen molar-refractivity contribution in [3.05, 3.63) is 35.4 Å². The summed E-state index contributed by atoms with van der Waals surface area (Å²) in [5.41, 5.74) is 1.01. The maximum atomic E-state index is 12.7. The molecule has 4 aliphatic rings. The van der Waals surface area contributed by atoms with Crippen molar-refractivity contribution in [3.63, 3.8) is 0 Å². The van der Waals surface area contributed by atoms with Crippen LogP contribution in [0.1, 0.15) is 74.7 Å². The van der Waals surface area contributed by atoms with Gasteiger partial charge in [-0.05, 0) is 106 Å². The lowest BCUT2D eigenvalue weighted by atomic mass is 9.48. The molecule has 4 nitrogen and oxygen atoms in total. The number of rotatable bonds is 7. The number of aliphatic hydroxyl groups is 2. The molecule has 1 aromatic carbocycles. The van der Waals surface area contributed by atoms with Crippen molar-refractivity contribution in [2.45, 2.75) is 76.9 Å². The third kappa shape index (κ3) is 4.28. The van der Waals surface area contributed by atoms with Crippen LogP contribution >= 0.6 is 0 Å². The van der Waals surface area contributed by atoms with Gasteiger partial charge in [0.05, 0.1) is 11.7 Å². The van der Waals surface area contributed by atoms with Crippen LogP contribution in [0.2, 0.25) is 0 Å². The molecule has 1 aromatic rings. The van der Waals surface area contributed by atoms with Gasteiger partial charge in [0.1, 0.15) is 0 Å². The summed E-state index contributed by atoms with van der Waals surface area (Å²) in [5, 5.41) is 23.9. The van der Waals surface area contributed by atoms with Gasteiger partial charge >= 0.3 is 0 Å². The van der Waals surface area contributed by atoms with E-state index in [2.05, 4.69) is 5.32 Å². The molecule has 4 heteroatoms. The second kappa shape index (κ2) is 7.46. The maximum Gasteiger partial charge on any atom is 0.251 e. The minimum Gasteiger partial charge on any atom is -0.391 e. The minimum absolute atomic E-state index is 0.0383. The van der Waals surface area contributed by atoms with Crippen LogP contribution in [0.4, 0.5) is 0 Å². The average Bonchev–Trinajstić information content (AvgIpc) is 2.62. The van der Waals surface area contributed by atoms with Gasteiger partial charge < -0.3 is 15.5 Å². The fourth-order valence-corrected chi connectivity index (χ4v) is 6.41. The molecular formula is C24H35NO3. The van der Waals surface area contributed by atoms with Crippen LogP contribution in [0.5, 0.6) is 0 Å². The van der Waals surface area contributed by atoms with Gasteiger partial charge in [0, 0.05) is 12.1 Å². The SMILES string of the molecule is CC(C)(O)CCc1cccc(C(=O)NCC(O)C23CC4CC(CC(C4)C2)C3)c1. The van der Waals surface area contributed by atoms with E-state index in [1.807, 2.05) is 24.3 Å². The molecule has 4 aliphatic carbocycles. The highest BCUT2D eigenvalue weighted by Gasteiger charge is 2.53. The first-order valence-electron chi connectivity index (χ1n) is 11.0. The second-order valence-electron chi connectivity index (χ2n) is 10.5. The van der Waals surface area contributed by atoms with E-state index in [-0.39, 0.29) is 11.3 Å². The predicted molar refractivity (Wildman–Crippen MR) is 110 cm³/mol. The van der Waals surface area contributed by atoms with Gasteiger partial charge in [-0.15, -0.1) is 0 Å². The predicted octanol–water partition coefficient (Wildman–Crippen LogP) is 3.70. The van der Waals surface area contributed by atoms with Gasteiger partial charge in [0.15, 0.2) is 0 Å². The largest absolute Gasteiger partial charge is 0.391 e. The Morgan fingerprint density at radius 3 is 2.36 bits per heavy atom.